The molecule has 1 amide bonds. The summed E-state index contributed by atoms with van der Waals surface area (Å²) in [6.45, 7) is 6.11. The van der Waals surface area contributed by atoms with Gasteiger partial charge in [-0.1, -0.05) is 43.7 Å². The Balaban J connectivity index is 2.07. The Morgan fingerprint density at radius 1 is 1.25 bits per heavy atom. The molecular formula is C18H22N2O3S. The van der Waals surface area contributed by atoms with Crippen LogP contribution >= 0.6 is 11.3 Å². The van der Waals surface area contributed by atoms with Crippen LogP contribution < -0.4 is 0 Å². The van der Waals surface area contributed by atoms with E-state index in [1.165, 1.54) is 21.8 Å². The molecule has 0 unspecified atom stereocenters. The van der Waals surface area contributed by atoms with Gasteiger partial charge in [0.05, 0.1) is 12.1 Å². The summed E-state index contributed by atoms with van der Waals surface area (Å²) in [5.41, 5.74) is 2.89. The maximum Gasteiger partial charge on any atom is 0.323 e. The highest BCUT2D eigenvalue weighted by Crippen LogP contribution is 2.24. The number of nitrogens with zero attached hydrogens (tertiary/aromatic N) is 2. The number of carbonyl (C=O) groups excluding carboxylic acids is 1. The number of thiazole rings is 1. The predicted octanol–water partition coefficient (Wildman–Crippen LogP) is 3.23. The van der Waals surface area contributed by atoms with Gasteiger partial charge in [0.2, 0.25) is 5.91 Å². The van der Waals surface area contributed by atoms with Gasteiger partial charge < -0.3 is 10.0 Å². The number of rotatable bonds is 7. The highest BCUT2D eigenvalue weighted by Gasteiger charge is 2.19. The van der Waals surface area contributed by atoms with Crippen molar-refractivity contribution in [2.24, 2.45) is 5.92 Å². The molecule has 0 aliphatic rings. The first-order chi connectivity index (χ1) is 11.3. The minimum absolute atomic E-state index is 0.127. The quantitative estimate of drug-likeness (QED) is 0.835. The lowest BCUT2D eigenvalue weighted by atomic mass is 10.1. The summed E-state index contributed by atoms with van der Waals surface area (Å²) in [6, 6.07) is 8.07. The van der Waals surface area contributed by atoms with Crippen LogP contribution in [-0.2, 0) is 16.0 Å². The average Bonchev–Trinajstić information content (AvgIpc) is 2.94. The number of amides is 1. The number of carboxylic acid groups (broad SMARTS) is 1. The number of hydrogen-bond acceptors (Lipinski definition) is 4. The van der Waals surface area contributed by atoms with Crippen molar-refractivity contribution in [2.75, 3.05) is 13.1 Å². The van der Waals surface area contributed by atoms with E-state index in [0.29, 0.717) is 12.2 Å². The van der Waals surface area contributed by atoms with E-state index in [-0.39, 0.29) is 24.8 Å². The number of aromatic nitrogens is 1. The molecule has 5 nitrogen and oxygen atoms in total. The minimum atomic E-state index is -0.998. The summed E-state index contributed by atoms with van der Waals surface area (Å²) in [5.74, 6) is -0.985. The van der Waals surface area contributed by atoms with Crippen LogP contribution in [0.5, 0.6) is 0 Å². The van der Waals surface area contributed by atoms with Gasteiger partial charge in [-0.3, -0.25) is 9.59 Å². The first-order valence-corrected chi connectivity index (χ1v) is 8.74. The molecule has 0 bridgehead atoms. The first kappa shape index (κ1) is 18.1. The molecule has 24 heavy (non-hydrogen) atoms. The van der Waals surface area contributed by atoms with Gasteiger partial charge in [-0.25, -0.2) is 4.98 Å². The topological polar surface area (TPSA) is 70.5 Å². The summed E-state index contributed by atoms with van der Waals surface area (Å²) >= 11 is 1.49. The molecule has 6 heteroatoms. The molecule has 0 atom stereocenters. The molecule has 0 saturated carbocycles. The van der Waals surface area contributed by atoms with Crippen molar-refractivity contribution in [3.63, 3.8) is 0 Å². The van der Waals surface area contributed by atoms with Crippen LogP contribution in [0.15, 0.2) is 29.6 Å². The lowest BCUT2D eigenvalue weighted by Crippen LogP contribution is -2.39. The van der Waals surface area contributed by atoms with Crippen LogP contribution in [0.3, 0.4) is 0 Å². The Morgan fingerprint density at radius 3 is 2.50 bits per heavy atom. The van der Waals surface area contributed by atoms with Crippen molar-refractivity contribution in [1.82, 2.24) is 9.88 Å². The number of carbonyl (C=O) groups is 2. The molecule has 0 spiro atoms. The van der Waals surface area contributed by atoms with Gasteiger partial charge in [-0.2, -0.15) is 0 Å². The fraction of sp³-hybridized carbons (Fsp3) is 0.389. The van der Waals surface area contributed by atoms with Crippen molar-refractivity contribution in [3.8, 4) is 10.6 Å². The number of benzene rings is 1. The Morgan fingerprint density at radius 2 is 1.92 bits per heavy atom. The molecule has 0 radical (unpaired) electrons. The standard InChI is InChI=1S/C18H22N2O3S/c1-12(2)9-20(10-17(22)23)16(21)8-15-11-24-18(19-15)14-6-4-13(3)5-7-14/h4-7,11-12H,8-10H2,1-3H3,(H,22,23). The summed E-state index contributed by atoms with van der Waals surface area (Å²) in [5, 5.41) is 11.7. The van der Waals surface area contributed by atoms with E-state index in [2.05, 4.69) is 4.98 Å². The molecule has 0 aliphatic carbocycles. The molecule has 2 rings (SSSR count). The number of aliphatic carboxylic acids is 1. The Bertz CT molecular complexity index is 707. The fourth-order valence-electron chi connectivity index (χ4n) is 2.34. The van der Waals surface area contributed by atoms with Gasteiger partial charge in [0, 0.05) is 17.5 Å². The largest absolute Gasteiger partial charge is 0.480 e. The number of carboxylic acids is 1. The highest BCUT2D eigenvalue weighted by atomic mass is 32.1. The molecule has 128 valence electrons. The third-order valence-electron chi connectivity index (χ3n) is 3.45. The maximum atomic E-state index is 12.4. The third kappa shape index (κ3) is 5.16. The molecule has 2 aromatic rings. The molecule has 0 fully saturated rings. The second kappa shape index (κ2) is 8.06. The van der Waals surface area contributed by atoms with E-state index in [1.54, 1.807) is 0 Å². The Labute approximate surface area is 146 Å². The van der Waals surface area contributed by atoms with Crippen LogP contribution in [0.2, 0.25) is 0 Å². The van der Waals surface area contributed by atoms with Crippen LogP contribution in [0, 0.1) is 12.8 Å². The minimum Gasteiger partial charge on any atom is -0.480 e. The van der Waals surface area contributed by atoms with Crippen molar-refractivity contribution in [2.45, 2.75) is 27.2 Å². The van der Waals surface area contributed by atoms with Gasteiger partial charge in [0.1, 0.15) is 11.6 Å². The van der Waals surface area contributed by atoms with Gasteiger partial charge in [-0.05, 0) is 12.8 Å². The van der Waals surface area contributed by atoms with Gasteiger partial charge in [-0.15, -0.1) is 11.3 Å². The highest BCUT2D eigenvalue weighted by molar-refractivity contribution is 7.13. The molecule has 1 heterocycles. The number of hydrogen-bond donors (Lipinski definition) is 1. The Hall–Kier alpha value is -2.21. The van der Waals surface area contributed by atoms with Gasteiger partial charge >= 0.3 is 5.97 Å². The Kier molecular flexibility index (Phi) is 6.09. The van der Waals surface area contributed by atoms with Crippen LogP contribution in [0.4, 0.5) is 0 Å². The lowest BCUT2D eigenvalue weighted by Gasteiger charge is -2.22. The fourth-order valence-corrected chi connectivity index (χ4v) is 3.17. The molecule has 0 aliphatic heterocycles. The van der Waals surface area contributed by atoms with E-state index in [9.17, 15) is 9.59 Å². The molecular weight excluding hydrogens is 324 g/mol. The smallest absolute Gasteiger partial charge is 0.323 e. The van der Waals surface area contributed by atoms with Crippen LogP contribution in [0.25, 0.3) is 10.6 Å². The van der Waals surface area contributed by atoms with Crippen LogP contribution in [0.1, 0.15) is 25.1 Å². The van der Waals surface area contributed by atoms with Crippen molar-refractivity contribution in [3.05, 3.63) is 40.9 Å². The molecule has 0 saturated heterocycles. The second-order valence-corrected chi connectivity index (χ2v) is 7.11. The van der Waals surface area contributed by atoms with Crippen molar-refractivity contribution in [1.29, 1.82) is 0 Å². The number of aryl methyl sites for hydroxylation is 1. The monoisotopic (exact) mass is 346 g/mol. The van der Waals surface area contributed by atoms with E-state index in [0.717, 1.165) is 10.6 Å². The van der Waals surface area contributed by atoms with Crippen LogP contribution in [-0.4, -0.2) is 40.0 Å². The normalized spacial score (nSPS) is 10.8. The van der Waals surface area contributed by atoms with E-state index in [4.69, 9.17) is 5.11 Å². The summed E-state index contributed by atoms with van der Waals surface area (Å²) in [6.07, 6.45) is 0.127. The maximum absolute atomic E-state index is 12.4. The zero-order chi connectivity index (χ0) is 17.7. The van der Waals surface area contributed by atoms with Gasteiger partial charge in [0.25, 0.3) is 0 Å². The first-order valence-electron chi connectivity index (χ1n) is 7.86. The van der Waals surface area contributed by atoms with Gasteiger partial charge in [0.15, 0.2) is 0 Å². The molecule has 1 aromatic carbocycles. The van der Waals surface area contributed by atoms with E-state index in [1.807, 2.05) is 50.4 Å². The molecule has 1 N–H and O–H groups in total. The lowest BCUT2D eigenvalue weighted by molar-refractivity contribution is -0.144. The van der Waals surface area contributed by atoms with E-state index < -0.39 is 5.97 Å². The average molecular weight is 346 g/mol. The second-order valence-electron chi connectivity index (χ2n) is 6.25. The predicted molar refractivity (Wildman–Crippen MR) is 95.0 cm³/mol. The zero-order valence-electron chi connectivity index (χ0n) is 14.2. The SMILES string of the molecule is Cc1ccc(-c2nc(CC(=O)N(CC(=O)O)CC(C)C)cs2)cc1. The van der Waals surface area contributed by atoms with Crippen molar-refractivity contribution < 1.29 is 14.7 Å². The summed E-state index contributed by atoms with van der Waals surface area (Å²) < 4.78 is 0. The molecule has 1 aromatic heterocycles. The third-order valence-corrected chi connectivity index (χ3v) is 4.39. The summed E-state index contributed by atoms with van der Waals surface area (Å²) in [7, 11) is 0. The van der Waals surface area contributed by atoms with Crippen molar-refractivity contribution >= 4 is 23.2 Å². The zero-order valence-corrected chi connectivity index (χ0v) is 15.0. The van der Waals surface area contributed by atoms with E-state index >= 15 is 0 Å². The summed E-state index contributed by atoms with van der Waals surface area (Å²) in [4.78, 5) is 29.3.